The van der Waals surface area contributed by atoms with Crippen molar-refractivity contribution >= 4 is 0 Å². The topological polar surface area (TPSA) is 24.9 Å². The van der Waals surface area contributed by atoms with E-state index in [0.717, 1.165) is 12.5 Å². The number of nitrogens with zero attached hydrogens (tertiary/aromatic N) is 1. The van der Waals surface area contributed by atoms with Crippen LogP contribution >= 0.6 is 0 Å². The predicted octanol–water partition coefficient (Wildman–Crippen LogP) is 1.75. The van der Waals surface area contributed by atoms with E-state index < -0.39 is 0 Å². The highest BCUT2D eigenvalue weighted by atomic mass is 14.9. The lowest BCUT2D eigenvalue weighted by Gasteiger charge is -2.08. The van der Waals surface area contributed by atoms with Gasteiger partial charge in [-0.15, -0.1) is 0 Å². The Hall–Kier alpha value is -0.890. The molecule has 0 aromatic carbocycles. The van der Waals surface area contributed by atoms with Crippen molar-refractivity contribution in [1.29, 1.82) is 0 Å². The SMILES string of the molecule is C[C@H]1CNC(c2cccnc2)C1. The van der Waals surface area contributed by atoms with Crippen LogP contribution in [0, 0.1) is 5.92 Å². The number of rotatable bonds is 1. The summed E-state index contributed by atoms with van der Waals surface area (Å²) in [5.74, 6) is 0.801. The standard InChI is InChI=1S/C10H14N2/c1-8-5-10(12-6-8)9-3-2-4-11-7-9/h2-4,7-8,10,12H,5-6H2,1H3/t8-,10?/m1/s1. The summed E-state index contributed by atoms with van der Waals surface area (Å²) in [5, 5.41) is 3.48. The largest absolute Gasteiger partial charge is 0.310 e. The van der Waals surface area contributed by atoms with Gasteiger partial charge in [0.05, 0.1) is 0 Å². The van der Waals surface area contributed by atoms with Crippen LogP contribution in [-0.2, 0) is 0 Å². The molecule has 1 unspecified atom stereocenters. The molecule has 1 aromatic rings. The van der Waals surface area contributed by atoms with Crippen LogP contribution in [-0.4, -0.2) is 11.5 Å². The average Bonchev–Trinajstić information content (AvgIpc) is 2.54. The molecule has 64 valence electrons. The Labute approximate surface area is 73.0 Å². The minimum atomic E-state index is 0.536. The zero-order chi connectivity index (χ0) is 8.39. The quantitative estimate of drug-likeness (QED) is 0.680. The molecule has 0 bridgehead atoms. The fourth-order valence-electron chi connectivity index (χ4n) is 1.75. The molecule has 1 aliphatic heterocycles. The van der Waals surface area contributed by atoms with Gasteiger partial charge in [0.1, 0.15) is 0 Å². The zero-order valence-electron chi connectivity index (χ0n) is 7.33. The van der Waals surface area contributed by atoms with Crippen molar-refractivity contribution in [3.05, 3.63) is 30.1 Å². The average molecular weight is 162 g/mol. The van der Waals surface area contributed by atoms with E-state index in [9.17, 15) is 0 Å². The van der Waals surface area contributed by atoms with Crippen LogP contribution < -0.4 is 5.32 Å². The summed E-state index contributed by atoms with van der Waals surface area (Å²) < 4.78 is 0. The maximum atomic E-state index is 4.11. The fraction of sp³-hybridized carbons (Fsp3) is 0.500. The monoisotopic (exact) mass is 162 g/mol. The molecule has 2 rings (SSSR count). The molecule has 0 spiro atoms. The molecule has 1 N–H and O–H groups in total. The Morgan fingerprint density at radius 2 is 2.50 bits per heavy atom. The summed E-state index contributed by atoms with van der Waals surface area (Å²) in [6.45, 7) is 3.42. The number of aromatic nitrogens is 1. The van der Waals surface area contributed by atoms with E-state index >= 15 is 0 Å². The van der Waals surface area contributed by atoms with E-state index in [0.29, 0.717) is 6.04 Å². The third-order valence-corrected chi connectivity index (χ3v) is 2.44. The minimum absolute atomic E-state index is 0.536. The van der Waals surface area contributed by atoms with Gasteiger partial charge in [-0.1, -0.05) is 13.0 Å². The lowest BCUT2D eigenvalue weighted by molar-refractivity contribution is 0.610. The summed E-state index contributed by atoms with van der Waals surface area (Å²) >= 11 is 0. The Balaban J connectivity index is 2.11. The number of nitrogens with one attached hydrogen (secondary N) is 1. The van der Waals surface area contributed by atoms with E-state index in [2.05, 4.69) is 23.3 Å². The van der Waals surface area contributed by atoms with Crippen LogP contribution in [0.3, 0.4) is 0 Å². The second kappa shape index (κ2) is 3.23. The van der Waals surface area contributed by atoms with Crippen molar-refractivity contribution in [2.75, 3.05) is 6.54 Å². The molecule has 0 radical (unpaired) electrons. The highest BCUT2D eigenvalue weighted by Gasteiger charge is 2.21. The van der Waals surface area contributed by atoms with Crippen LogP contribution in [0.25, 0.3) is 0 Å². The summed E-state index contributed by atoms with van der Waals surface area (Å²) in [6, 6.07) is 4.68. The van der Waals surface area contributed by atoms with Crippen molar-refractivity contribution in [2.24, 2.45) is 5.92 Å². The lowest BCUT2D eigenvalue weighted by Crippen LogP contribution is -2.13. The van der Waals surface area contributed by atoms with E-state index in [1.54, 1.807) is 0 Å². The minimum Gasteiger partial charge on any atom is -0.310 e. The van der Waals surface area contributed by atoms with Gasteiger partial charge in [-0.25, -0.2) is 0 Å². The maximum absolute atomic E-state index is 4.11. The fourth-order valence-corrected chi connectivity index (χ4v) is 1.75. The molecule has 12 heavy (non-hydrogen) atoms. The third kappa shape index (κ3) is 1.48. The smallest absolute Gasteiger partial charge is 0.0338 e. The molecule has 0 aliphatic carbocycles. The second-order valence-electron chi connectivity index (χ2n) is 3.59. The summed E-state index contributed by atoms with van der Waals surface area (Å²) in [7, 11) is 0. The Morgan fingerprint density at radius 3 is 3.08 bits per heavy atom. The molecule has 0 saturated carbocycles. The van der Waals surface area contributed by atoms with E-state index in [4.69, 9.17) is 0 Å². The summed E-state index contributed by atoms with van der Waals surface area (Å²) in [5.41, 5.74) is 1.32. The van der Waals surface area contributed by atoms with Crippen LogP contribution in [0.5, 0.6) is 0 Å². The summed E-state index contributed by atoms with van der Waals surface area (Å²) in [6.07, 6.45) is 5.02. The van der Waals surface area contributed by atoms with Gasteiger partial charge < -0.3 is 5.32 Å². The number of hydrogen-bond donors (Lipinski definition) is 1. The Morgan fingerprint density at radius 1 is 1.58 bits per heavy atom. The highest BCUT2D eigenvalue weighted by molar-refractivity contribution is 5.15. The van der Waals surface area contributed by atoms with Gasteiger partial charge in [0.25, 0.3) is 0 Å². The molecule has 1 aromatic heterocycles. The van der Waals surface area contributed by atoms with E-state index in [-0.39, 0.29) is 0 Å². The van der Waals surface area contributed by atoms with Gasteiger partial charge in [0.2, 0.25) is 0 Å². The van der Waals surface area contributed by atoms with Gasteiger partial charge in [-0.3, -0.25) is 4.98 Å². The van der Waals surface area contributed by atoms with Crippen molar-refractivity contribution in [3.8, 4) is 0 Å². The van der Waals surface area contributed by atoms with Crippen molar-refractivity contribution in [1.82, 2.24) is 10.3 Å². The molecule has 1 saturated heterocycles. The molecule has 2 nitrogen and oxygen atoms in total. The normalized spacial score (nSPS) is 29.1. The van der Waals surface area contributed by atoms with E-state index in [1.807, 2.05) is 18.5 Å². The molecular formula is C10H14N2. The molecule has 0 amide bonds. The number of pyridine rings is 1. The zero-order valence-corrected chi connectivity index (χ0v) is 7.33. The number of hydrogen-bond acceptors (Lipinski definition) is 2. The van der Waals surface area contributed by atoms with Crippen molar-refractivity contribution in [3.63, 3.8) is 0 Å². The van der Waals surface area contributed by atoms with Crippen LogP contribution in [0.4, 0.5) is 0 Å². The first-order valence-electron chi connectivity index (χ1n) is 4.49. The molecule has 1 aliphatic rings. The Bertz CT molecular complexity index is 245. The first kappa shape index (κ1) is 7.74. The Kier molecular flexibility index (Phi) is 2.09. The molecule has 2 atom stereocenters. The highest BCUT2D eigenvalue weighted by Crippen LogP contribution is 2.25. The van der Waals surface area contributed by atoms with Gasteiger partial charge in [-0.2, -0.15) is 0 Å². The van der Waals surface area contributed by atoms with Crippen molar-refractivity contribution < 1.29 is 0 Å². The van der Waals surface area contributed by atoms with Gasteiger partial charge in [-0.05, 0) is 30.5 Å². The van der Waals surface area contributed by atoms with Crippen LogP contribution in [0.15, 0.2) is 24.5 Å². The molecular weight excluding hydrogens is 148 g/mol. The van der Waals surface area contributed by atoms with Crippen LogP contribution in [0.1, 0.15) is 24.9 Å². The molecule has 1 fully saturated rings. The predicted molar refractivity (Wildman–Crippen MR) is 48.8 cm³/mol. The second-order valence-corrected chi connectivity index (χ2v) is 3.59. The van der Waals surface area contributed by atoms with Crippen LogP contribution in [0.2, 0.25) is 0 Å². The maximum Gasteiger partial charge on any atom is 0.0338 e. The first-order valence-corrected chi connectivity index (χ1v) is 4.49. The molecule has 2 heterocycles. The van der Waals surface area contributed by atoms with Gasteiger partial charge in [0, 0.05) is 18.4 Å². The lowest BCUT2D eigenvalue weighted by atomic mass is 10.0. The van der Waals surface area contributed by atoms with Crippen molar-refractivity contribution in [2.45, 2.75) is 19.4 Å². The van der Waals surface area contributed by atoms with Gasteiger partial charge >= 0.3 is 0 Å². The molecule has 2 heteroatoms. The van der Waals surface area contributed by atoms with E-state index in [1.165, 1.54) is 12.0 Å². The van der Waals surface area contributed by atoms with Gasteiger partial charge in [0.15, 0.2) is 0 Å². The third-order valence-electron chi connectivity index (χ3n) is 2.44. The summed E-state index contributed by atoms with van der Waals surface area (Å²) in [4.78, 5) is 4.11. The first-order chi connectivity index (χ1) is 5.86.